The lowest BCUT2D eigenvalue weighted by Crippen LogP contribution is -2.13. The topological polar surface area (TPSA) is 21.3 Å². The quantitative estimate of drug-likeness (QED) is 0.891. The average molecular weight is 270 g/mol. The maximum Gasteiger partial charge on any atom is 0.119 e. The Morgan fingerprint density at radius 3 is 2.87 bits per heavy atom. The van der Waals surface area contributed by atoms with Crippen LogP contribution in [0.3, 0.4) is 0 Å². The van der Waals surface area contributed by atoms with Crippen LogP contribution in [0.4, 0.5) is 0 Å². The summed E-state index contributed by atoms with van der Waals surface area (Å²) in [5.74, 6) is 0.944. The second kappa shape index (κ2) is 4.54. The van der Waals surface area contributed by atoms with Crippen LogP contribution < -0.4 is 10.1 Å². The zero-order valence-corrected chi connectivity index (χ0v) is 10.7. The zero-order valence-electron chi connectivity index (χ0n) is 9.14. The molecule has 82 valence electrons. The SMILES string of the molecule is COc1cc(C)c(Br)c(C2CCCN2)c1. The largest absolute Gasteiger partial charge is 0.497 e. The summed E-state index contributed by atoms with van der Waals surface area (Å²) in [6.07, 6.45) is 2.47. The van der Waals surface area contributed by atoms with Gasteiger partial charge in [0.15, 0.2) is 0 Å². The van der Waals surface area contributed by atoms with Crippen molar-refractivity contribution in [1.29, 1.82) is 0 Å². The Balaban J connectivity index is 2.39. The summed E-state index contributed by atoms with van der Waals surface area (Å²) in [6.45, 7) is 3.22. The minimum atomic E-state index is 0.480. The molecule has 2 rings (SSSR count). The van der Waals surface area contributed by atoms with Crippen LogP contribution in [0.1, 0.15) is 30.0 Å². The molecule has 0 aromatic heterocycles. The molecule has 1 atom stereocenters. The van der Waals surface area contributed by atoms with Crippen molar-refractivity contribution in [1.82, 2.24) is 5.32 Å². The highest BCUT2D eigenvalue weighted by atomic mass is 79.9. The van der Waals surface area contributed by atoms with Crippen molar-refractivity contribution in [2.45, 2.75) is 25.8 Å². The number of ether oxygens (including phenoxy) is 1. The normalized spacial score (nSPS) is 20.6. The Bertz CT molecular complexity index is 359. The Morgan fingerprint density at radius 2 is 2.27 bits per heavy atom. The van der Waals surface area contributed by atoms with Gasteiger partial charge in [0.2, 0.25) is 0 Å². The van der Waals surface area contributed by atoms with Gasteiger partial charge in [-0.05, 0) is 49.6 Å². The highest BCUT2D eigenvalue weighted by Gasteiger charge is 2.20. The van der Waals surface area contributed by atoms with Crippen molar-refractivity contribution >= 4 is 15.9 Å². The van der Waals surface area contributed by atoms with E-state index in [0.29, 0.717) is 6.04 Å². The molecule has 0 saturated carbocycles. The third kappa shape index (κ3) is 2.18. The molecule has 0 spiro atoms. The molecule has 1 aromatic rings. The van der Waals surface area contributed by atoms with Gasteiger partial charge in [0.1, 0.15) is 5.75 Å². The van der Waals surface area contributed by atoms with Gasteiger partial charge < -0.3 is 10.1 Å². The Kier molecular flexibility index (Phi) is 3.32. The van der Waals surface area contributed by atoms with E-state index < -0.39 is 0 Å². The number of hydrogen-bond donors (Lipinski definition) is 1. The Labute approximate surface area is 99.1 Å². The molecule has 1 aromatic carbocycles. The number of rotatable bonds is 2. The fraction of sp³-hybridized carbons (Fsp3) is 0.500. The first-order valence-electron chi connectivity index (χ1n) is 5.30. The van der Waals surface area contributed by atoms with Crippen LogP contribution in [0.5, 0.6) is 5.75 Å². The van der Waals surface area contributed by atoms with Crippen LogP contribution in [0.25, 0.3) is 0 Å². The van der Waals surface area contributed by atoms with Gasteiger partial charge in [-0.15, -0.1) is 0 Å². The van der Waals surface area contributed by atoms with Gasteiger partial charge in [-0.3, -0.25) is 0 Å². The second-order valence-corrected chi connectivity index (χ2v) is 4.79. The maximum absolute atomic E-state index is 5.30. The molecular weight excluding hydrogens is 254 g/mol. The van der Waals surface area contributed by atoms with Gasteiger partial charge in [0.05, 0.1) is 7.11 Å². The molecule has 1 aliphatic heterocycles. The summed E-state index contributed by atoms with van der Waals surface area (Å²) in [4.78, 5) is 0. The van der Waals surface area contributed by atoms with Crippen molar-refractivity contribution in [2.75, 3.05) is 13.7 Å². The van der Waals surface area contributed by atoms with Crippen LogP contribution in [-0.2, 0) is 0 Å². The van der Waals surface area contributed by atoms with Gasteiger partial charge in [-0.2, -0.15) is 0 Å². The van der Waals surface area contributed by atoms with E-state index in [9.17, 15) is 0 Å². The monoisotopic (exact) mass is 269 g/mol. The number of halogens is 1. The molecule has 1 aliphatic rings. The van der Waals surface area contributed by atoms with Gasteiger partial charge >= 0.3 is 0 Å². The first-order chi connectivity index (χ1) is 7.22. The molecule has 0 amide bonds. The molecule has 0 bridgehead atoms. The summed E-state index contributed by atoms with van der Waals surface area (Å²) in [5, 5.41) is 3.51. The highest BCUT2D eigenvalue weighted by Crippen LogP contribution is 2.34. The third-order valence-corrected chi connectivity index (χ3v) is 4.01. The average Bonchev–Trinajstić information content (AvgIpc) is 2.75. The fourth-order valence-corrected chi connectivity index (χ4v) is 2.59. The van der Waals surface area contributed by atoms with Crippen molar-refractivity contribution in [3.8, 4) is 5.75 Å². The smallest absolute Gasteiger partial charge is 0.119 e. The third-order valence-electron chi connectivity index (χ3n) is 2.93. The van der Waals surface area contributed by atoms with E-state index in [1.54, 1.807) is 7.11 Å². The standard InChI is InChI=1S/C12H16BrNO/c1-8-6-9(15-2)7-10(12(8)13)11-4-3-5-14-11/h6-7,11,14H,3-5H2,1-2H3. The number of benzene rings is 1. The Morgan fingerprint density at radius 1 is 1.47 bits per heavy atom. The van der Waals surface area contributed by atoms with E-state index in [2.05, 4.69) is 40.3 Å². The van der Waals surface area contributed by atoms with E-state index in [0.717, 1.165) is 12.3 Å². The lowest BCUT2D eigenvalue weighted by Gasteiger charge is -2.16. The van der Waals surface area contributed by atoms with Gasteiger partial charge in [-0.25, -0.2) is 0 Å². The second-order valence-electron chi connectivity index (χ2n) is 4.00. The minimum absolute atomic E-state index is 0.480. The summed E-state index contributed by atoms with van der Waals surface area (Å²) < 4.78 is 6.51. The highest BCUT2D eigenvalue weighted by molar-refractivity contribution is 9.10. The van der Waals surface area contributed by atoms with Crippen LogP contribution in [0.2, 0.25) is 0 Å². The van der Waals surface area contributed by atoms with Crippen molar-refractivity contribution in [3.05, 3.63) is 27.7 Å². The summed E-state index contributed by atoms with van der Waals surface area (Å²) in [7, 11) is 1.72. The summed E-state index contributed by atoms with van der Waals surface area (Å²) >= 11 is 3.66. The summed E-state index contributed by atoms with van der Waals surface area (Å²) in [5.41, 5.74) is 2.56. The van der Waals surface area contributed by atoms with E-state index in [1.165, 1.54) is 28.4 Å². The van der Waals surface area contributed by atoms with Crippen LogP contribution in [0.15, 0.2) is 16.6 Å². The predicted octanol–water partition coefficient (Wildman–Crippen LogP) is 3.19. The lowest BCUT2D eigenvalue weighted by atomic mass is 10.0. The molecule has 1 unspecified atom stereocenters. The molecule has 0 aliphatic carbocycles. The number of nitrogens with one attached hydrogen (secondary N) is 1. The maximum atomic E-state index is 5.30. The van der Waals surface area contributed by atoms with E-state index in [-0.39, 0.29) is 0 Å². The minimum Gasteiger partial charge on any atom is -0.497 e. The van der Waals surface area contributed by atoms with E-state index in [4.69, 9.17) is 4.74 Å². The predicted molar refractivity (Wildman–Crippen MR) is 65.4 cm³/mol. The van der Waals surface area contributed by atoms with Crippen LogP contribution >= 0.6 is 15.9 Å². The first kappa shape index (κ1) is 11.0. The van der Waals surface area contributed by atoms with Crippen molar-refractivity contribution < 1.29 is 4.74 Å². The number of aryl methyl sites for hydroxylation is 1. The zero-order chi connectivity index (χ0) is 10.8. The summed E-state index contributed by atoms with van der Waals surface area (Å²) in [6, 6.07) is 4.66. The molecule has 2 nitrogen and oxygen atoms in total. The lowest BCUT2D eigenvalue weighted by molar-refractivity contribution is 0.413. The van der Waals surface area contributed by atoms with Crippen LogP contribution in [0, 0.1) is 6.92 Å². The van der Waals surface area contributed by atoms with E-state index >= 15 is 0 Å². The molecule has 15 heavy (non-hydrogen) atoms. The van der Waals surface area contributed by atoms with Gasteiger partial charge in [-0.1, -0.05) is 15.9 Å². The molecule has 1 saturated heterocycles. The number of hydrogen-bond acceptors (Lipinski definition) is 2. The van der Waals surface area contributed by atoms with Crippen LogP contribution in [-0.4, -0.2) is 13.7 Å². The molecule has 1 N–H and O–H groups in total. The molecule has 0 radical (unpaired) electrons. The molecular formula is C12H16BrNO. The Hall–Kier alpha value is -0.540. The fourth-order valence-electron chi connectivity index (χ4n) is 2.08. The van der Waals surface area contributed by atoms with E-state index in [1.807, 2.05) is 0 Å². The van der Waals surface area contributed by atoms with Crippen molar-refractivity contribution in [3.63, 3.8) is 0 Å². The molecule has 1 fully saturated rings. The van der Waals surface area contributed by atoms with Crippen molar-refractivity contribution in [2.24, 2.45) is 0 Å². The first-order valence-corrected chi connectivity index (χ1v) is 6.09. The molecule has 1 heterocycles. The molecule has 3 heteroatoms. The van der Waals surface area contributed by atoms with Gasteiger partial charge in [0.25, 0.3) is 0 Å². The van der Waals surface area contributed by atoms with Gasteiger partial charge in [0, 0.05) is 10.5 Å². The number of methoxy groups -OCH3 is 1.